The molecular formula is C31H48F4O2. The summed E-state index contributed by atoms with van der Waals surface area (Å²) in [6.07, 6.45) is 14.5. The molecule has 0 saturated heterocycles. The Hall–Kier alpha value is -1.07. The van der Waals surface area contributed by atoms with Gasteiger partial charge in [0, 0.05) is 0 Å². The first kappa shape index (κ1) is 28.9. The number of halogens is 4. The number of esters is 1. The van der Waals surface area contributed by atoms with Crippen LogP contribution in [0, 0.1) is 47.3 Å². The minimum Gasteiger partial charge on any atom is -0.465 e. The van der Waals surface area contributed by atoms with Crippen molar-refractivity contribution in [3.63, 3.8) is 0 Å². The third kappa shape index (κ3) is 8.46. The van der Waals surface area contributed by atoms with E-state index in [9.17, 15) is 22.4 Å². The van der Waals surface area contributed by atoms with Gasteiger partial charge in [0.2, 0.25) is 0 Å². The fourth-order valence-corrected chi connectivity index (χ4v) is 8.06. The van der Waals surface area contributed by atoms with Gasteiger partial charge in [0.25, 0.3) is 0 Å². The first-order chi connectivity index (χ1) is 17.7. The lowest BCUT2D eigenvalue weighted by molar-refractivity contribution is -0.150. The van der Waals surface area contributed by atoms with Crippen LogP contribution in [-0.2, 0) is 9.53 Å². The average molecular weight is 529 g/mol. The van der Waals surface area contributed by atoms with Crippen molar-refractivity contribution in [3.05, 3.63) is 11.9 Å². The van der Waals surface area contributed by atoms with E-state index < -0.39 is 12.0 Å². The van der Waals surface area contributed by atoms with Crippen LogP contribution in [-0.4, -0.2) is 18.8 Å². The summed E-state index contributed by atoms with van der Waals surface area (Å²) in [7, 11) is 0. The van der Waals surface area contributed by atoms with Crippen molar-refractivity contribution in [2.24, 2.45) is 47.3 Å². The maximum Gasteiger partial charge on any atom is 0.442 e. The summed E-state index contributed by atoms with van der Waals surface area (Å²) in [6.45, 7) is 2.91. The Morgan fingerprint density at radius 3 is 1.70 bits per heavy atom. The van der Waals surface area contributed by atoms with Crippen molar-refractivity contribution in [3.8, 4) is 0 Å². The molecule has 0 amide bonds. The molecule has 0 radical (unpaired) electrons. The molecule has 37 heavy (non-hydrogen) atoms. The minimum atomic E-state index is -4.85. The number of alkyl halides is 3. The number of carbonyl (C=O) groups is 1. The fraction of sp³-hybridized carbons (Fsp3) is 0.903. The summed E-state index contributed by atoms with van der Waals surface area (Å²) in [5.41, 5.74) is 0. The molecule has 4 fully saturated rings. The van der Waals surface area contributed by atoms with E-state index in [4.69, 9.17) is 4.74 Å². The molecule has 0 aromatic carbocycles. The van der Waals surface area contributed by atoms with Crippen molar-refractivity contribution in [2.45, 2.75) is 122 Å². The smallest absolute Gasteiger partial charge is 0.442 e. The van der Waals surface area contributed by atoms with Gasteiger partial charge in [-0.2, -0.15) is 13.2 Å². The molecule has 0 unspecified atom stereocenters. The van der Waals surface area contributed by atoms with E-state index in [0.29, 0.717) is 37.2 Å². The van der Waals surface area contributed by atoms with Crippen molar-refractivity contribution >= 4 is 5.97 Å². The first-order valence-corrected chi connectivity index (χ1v) is 15.3. The molecule has 0 bridgehead atoms. The molecule has 4 aliphatic rings. The lowest BCUT2D eigenvalue weighted by Crippen LogP contribution is -2.29. The van der Waals surface area contributed by atoms with Crippen molar-refractivity contribution < 1.29 is 27.1 Å². The molecule has 6 heteroatoms. The summed E-state index contributed by atoms with van der Waals surface area (Å²) in [6, 6.07) is 0. The molecule has 0 atom stereocenters. The second-order valence-corrected chi connectivity index (χ2v) is 13.1. The number of hydrogen-bond acceptors (Lipinski definition) is 2. The zero-order valence-corrected chi connectivity index (χ0v) is 22.8. The molecule has 0 N–H and O–H groups in total. The SMILES string of the molecule is CC1CCC(C2CCC(C(=O)OCCC3CCC(C4CCC(C=C(F)C(F)(F)F)CC4)CC3)CC2)CC1. The van der Waals surface area contributed by atoms with Crippen LogP contribution >= 0.6 is 0 Å². The van der Waals surface area contributed by atoms with E-state index in [2.05, 4.69) is 6.92 Å². The molecule has 2 nitrogen and oxygen atoms in total. The fourth-order valence-electron chi connectivity index (χ4n) is 8.06. The van der Waals surface area contributed by atoms with E-state index in [0.717, 1.165) is 81.6 Å². The van der Waals surface area contributed by atoms with E-state index in [-0.39, 0.29) is 17.8 Å². The lowest BCUT2D eigenvalue weighted by Gasteiger charge is -2.37. The lowest BCUT2D eigenvalue weighted by atomic mass is 9.69. The molecule has 0 aliphatic heterocycles. The number of rotatable bonds is 7. The highest BCUT2D eigenvalue weighted by Crippen LogP contribution is 2.44. The summed E-state index contributed by atoms with van der Waals surface area (Å²) < 4.78 is 56.3. The van der Waals surface area contributed by atoms with E-state index >= 15 is 0 Å². The highest BCUT2D eigenvalue weighted by atomic mass is 19.4. The number of ether oxygens (including phenoxy) is 1. The van der Waals surface area contributed by atoms with Gasteiger partial charge in [0.05, 0.1) is 12.5 Å². The maximum atomic E-state index is 13.2. The molecule has 0 heterocycles. The third-order valence-electron chi connectivity index (χ3n) is 10.6. The minimum absolute atomic E-state index is 0.0252. The van der Waals surface area contributed by atoms with Crippen LogP contribution in [0.3, 0.4) is 0 Å². The van der Waals surface area contributed by atoms with E-state index in [1.165, 1.54) is 38.5 Å². The Bertz CT molecular complexity index is 731. The van der Waals surface area contributed by atoms with Gasteiger partial charge in [0.1, 0.15) is 0 Å². The van der Waals surface area contributed by atoms with Crippen LogP contribution in [0.4, 0.5) is 17.6 Å². The van der Waals surface area contributed by atoms with Gasteiger partial charge in [-0.25, -0.2) is 4.39 Å². The van der Waals surface area contributed by atoms with Gasteiger partial charge in [0.15, 0.2) is 5.83 Å². The van der Waals surface area contributed by atoms with Crippen molar-refractivity contribution in [1.29, 1.82) is 0 Å². The zero-order valence-electron chi connectivity index (χ0n) is 22.8. The number of hydrogen-bond donors (Lipinski definition) is 0. The highest BCUT2D eigenvalue weighted by Gasteiger charge is 2.37. The largest absolute Gasteiger partial charge is 0.465 e. The molecule has 0 aromatic heterocycles. The normalized spacial score (nSPS) is 38.2. The summed E-state index contributed by atoms with van der Waals surface area (Å²) in [5, 5.41) is 0. The van der Waals surface area contributed by atoms with Gasteiger partial charge >= 0.3 is 12.1 Å². The molecule has 212 valence electrons. The Morgan fingerprint density at radius 2 is 1.19 bits per heavy atom. The Labute approximate surface area is 221 Å². The van der Waals surface area contributed by atoms with Gasteiger partial charge in [-0.15, -0.1) is 0 Å². The summed E-state index contributed by atoms with van der Waals surface area (Å²) in [4.78, 5) is 12.7. The standard InChI is InChI=1S/C31H48F4O2/c1-21-2-8-24(9-3-21)27-14-16-28(17-15-27)30(36)37-19-18-22-4-10-25(11-5-22)26-12-6-23(7-13-26)20-29(32)31(33,34)35/h20-28H,2-19H2,1H3. The first-order valence-electron chi connectivity index (χ1n) is 15.3. The Kier molecular flexibility index (Phi) is 10.4. The van der Waals surface area contributed by atoms with Gasteiger partial charge in [-0.3, -0.25) is 4.79 Å². The van der Waals surface area contributed by atoms with Crippen LogP contribution in [0.2, 0.25) is 0 Å². The van der Waals surface area contributed by atoms with Crippen molar-refractivity contribution in [2.75, 3.05) is 6.61 Å². The van der Waals surface area contributed by atoms with Crippen LogP contribution in [0.25, 0.3) is 0 Å². The molecule has 0 spiro atoms. The van der Waals surface area contributed by atoms with Gasteiger partial charge in [-0.05, 0) is 131 Å². The number of allylic oxidation sites excluding steroid dienone is 2. The van der Waals surface area contributed by atoms with Gasteiger partial charge in [-0.1, -0.05) is 32.6 Å². The van der Waals surface area contributed by atoms with E-state index in [1.807, 2.05) is 0 Å². The van der Waals surface area contributed by atoms with Crippen molar-refractivity contribution in [1.82, 2.24) is 0 Å². The molecule has 0 aromatic rings. The predicted octanol–water partition coefficient (Wildman–Crippen LogP) is 9.58. The predicted molar refractivity (Wildman–Crippen MR) is 138 cm³/mol. The summed E-state index contributed by atoms with van der Waals surface area (Å²) in [5.74, 6) is 2.31. The molecule has 4 rings (SSSR count). The monoisotopic (exact) mass is 528 g/mol. The van der Waals surface area contributed by atoms with Crippen LogP contribution < -0.4 is 0 Å². The van der Waals surface area contributed by atoms with Gasteiger partial charge < -0.3 is 4.74 Å². The average Bonchev–Trinajstić information content (AvgIpc) is 2.89. The molecule has 4 aliphatic carbocycles. The zero-order chi connectivity index (χ0) is 26.4. The second kappa shape index (κ2) is 13.3. The Morgan fingerprint density at radius 1 is 0.730 bits per heavy atom. The molecular weight excluding hydrogens is 480 g/mol. The second-order valence-electron chi connectivity index (χ2n) is 13.1. The molecule has 4 saturated carbocycles. The quantitative estimate of drug-likeness (QED) is 0.243. The summed E-state index contributed by atoms with van der Waals surface area (Å²) >= 11 is 0. The van der Waals surface area contributed by atoms with Crippen LogP contribution in [0.1, 0.15) is 116 Å². The van der Waals surface area contributed by atoms with Crippen LogP contribution in [0.15, 0.2) is 11.9 Å². The topological polar surface area (TPSA) is 26.3 Å². The number of carbonyl (C=O) groups excluding carboxylic acids is 1. The third-order valence-corrected chi connectivity index (χ3v) is 10.6. The highest BCUT2D eigenvalue weighted by molar-refractivity contribution is 5.72. The van der Waals surface area contributed by atoms with Crippen LogP contribution in [0.5, 0.6) is 0 Å². The van der Waals surface area contributed by atoms with E-state index in [1.54, 1.807) is 0 Å². The Balaban J connectivity index is 1.07. The maximum absolute atomic E-state index is 13.2.